The van der Waals surface area contributed by atoms with Crippen LogP contribution in [0.25, 0.3) is 0 Å². The van der Waals surface area contributed by atoms with Gasteiger partial charge >= 0.3 is 19.8 Å². The lowest BCUT2D eigenvalue weighted by Crippen LogP contribution is -2.37. The van der Waals surface area contributed by atoms with Crippen molar-refractivity contribution >= 4 is 19.8 Å². The van der Waals surface area contributed by atoms with Gasteiger partial charge in [-0.3, -0.25) is 18.6 Å². The van der Waals surface area contributed by atoms with Crippen molar-refractivity contribution in [2.75, 3.05) is 47.5 Å². The SMILES string of the molecule is CCCCCCCCCCCCCCCCCCCCCCCCCCCCCCCCCC(=O)OC(COC(=O)CCCCCCCCCCCCCCCCCCCCCC)COP(=O)(O)OCC[N+](C)(C)C. The first-order valence-electron chi connectivity index (χ1n) is 33.3. The van der Waals surface area contributed by atoms with Gasteiger partial charge in [0.15, 0.2) is 6.10 Å². The number of esters is 2. The molecule has 0 bridgehead atoms. The third-order valence-electron chi connectivity index (χ3n) is 15.4. The number of carbonyl (C=O) groups excluding carboxylic acids is 2. The summed E-state index contributed by atoms with van der Waals surface area (Å²) in [5.41, 5.74) is 0. The van der Waals surface area contributed by atoms with Crippen LogP contribution in [0.1, 0.15) is 354 Å². The smallest absolute Gasteiger partial charge is 0.462 e. The van der Waals surface area contributed by atoms with Gasteiger partial charge in [0.2, 0.25) is 0 Å². The molecular formula is C65H131NO8P+. The van der Waals surface area contributed by atoms with E-state index in [0.29, 0.717) is 17.4 Å². The molecule has 0 aliphatic carbocycles. The van der Waals surface area contributed by atoms with Gasteiger partial charge in [-0.25, -0.2) is 4.57 Å². The van der Waals surface area contributed by atoms with Gasteiger partial charge in [-0.05, 0) is 12.8 Å². The van der Waals surface area contributed by atoms with Crippen molar-refractivity contribution in [1.82, 2.24) is 0 Å². The van der Waals surface area contributed by atoms with Crippen LogP contribution in [-0.2, 0) is 32.7 Å². The van der Waals surface area contributed by atoms with Crippen LogP contribution in [-0.4, -0.2) is 74.9 Å². The molecule has 0 spiro atoms. The number of unbranched alkanes of at least 4 members (excludes halogenated alkanes) is 49. The van der Waals surface area contributed by atoms with Crippen molar-refractivity contribution in [2.24, 2.45) is 0 Å². The van der Waals surface area contributed by atoms with E-state index in [-0.39, 0.29) is 25.6 Å². The molecule has 0 radical (unpaired) electrons. The lowest BCUT2D eigenvalue weighted by Gasteiger charge is -2.24. The topological polar surface area (TPSA) is 108 Å². The number of rotatable bonds is 63. The van der Waals surface area contributed by atoms with E-state index in [4.69, 9.17) is 18.5 Å². The second-order valence-corrected chi connectivity index (χ2v) is 25.7. The highest BCUT2D eigenvalue weighted by Gasteiger charge is 2.27. The summed E-state index contributed by atoms with van der Waals surface area (Å²) in [6.07, 6.45) is 67.7. The summed E-state index contributed by atoms with van der Waals surface area (Å²) in [5.74, 6) is -0.770. The highest BCUT2D eigenvalue weighted by Crippen LogP contribution is 2.43. The molecule has 0 heterocycles. The lowest BCUT2D eigenvalue weighted by molar-refractivity contribution is -0.870. The highest BCUT2D eigenvalue weighted by molar-refractivity contribution is 7.47. The van der Waals surface area contributed by atoms with Gasteiger partial charge in [-0.2, -0.15) is 0 Å². The Kier molecular flexibility index (Phi) is 56.9. The molecule has 0 saturated carbocycles. The van der Waals surface area contributed by atoms with Gasteiger partial charge in [-0.15, -0.1) is 0 Å². The molecule has 2 unspecified atom stereocenters. The Balaban J connectivity index is 3.98. The van der Waals surface area contributed by atoms with Crippen LogP contribution in [0.4, 0.5) is 0 Å². The van der Waals surface area contributed by atoms with E-state index < -0.39 is 26.5 Å². The predicted octanol–water partition coefficient (Wildman–Crippen LogP) is 21.0. The maximum atomic E-state index is 12.9. The number of hydrogen-bond acceptors (Lipinski definition) is 7. The van der Waals surface area contributed by atoms with E-state index in [0.717, 1.165) is 38.5 Å². The van der Waals surface area contributed by atoms with E-state index in [1.807, 2.05) is 21.1 Å². The van der Waals surface area contributed by atoms with Crippen molar-refractivity contribution in [3.63, 3.8) is 0 Å². The maximum absolute atomic E-state index is 12.9. The second-order valence-electron chi connectivity index (χ2n) is 24.2. The molecule has 0 rings (SSSR count). The summed E-state index contributed by atoms with van der Waals surface area (Å²) in [6, 6.07) is 0. The second kappa shape index (κ2) is 57.7. The van der Waals surface area contributed by atoms with Crippen molar-refractivity contribution in [2.45, 2.75) is 360 Å². The summed E-state index contributed by atoms with van der Waals surface area (Å²) in [4.78, 5) is 35.8. The van der Waals surface area contributed by atoms with Gasteiger partial charge in [-0.1, -0.05) is 328 Å². The number of carbonyl (C=O) groups is 2. The summed E-state index contributed by atoms with van der Waals surface area (Å²) in [7, 11) is 1.51. The first-order valence-corrected chi connectivity index (χ1v) is 34.8. The van der Waals surface area contributed by atoms with Crippen LogP contribution >= 0.6 is 7.82 Å². The molecule has 0 fully saturated rings. The van der Waals surface area contributed by atoms with Crippen LogP contribution in [0.15, 0.2) is 0 Å². The van der Waals surface area contributed by atoms with Gasteiger partial charge in [0.1, 0.15) is 19.8 Å². The number of nitrogens with zero attached hydrogens (tertiary/aromatic N) is 1. The van der Waals surface area contributed by atoms with Gasteiger partial charge in [0.25, 0.3) is 0 Å². The first-order chi connectivity index (χ1) is 36.5. The molecular weight excluding hydrogens is 954 g/mol. The number of phosphoric ester groups is 1. The quantitative estimate of drug-likeness (QED) is 0.0278. The average molecular weight is 1090 g/mol. The molecule has 0 aromatic rings. The van der Waals surface area contributed by atoms with Gasteiger partial charge < -0.3 is 18.9 Å². The first kappa shape index (κ1) is 74.0. The third kappa shape index (κ3) is 62.1. The molecule has 9 nitrogen and oxygen atoms in total. The molecule has 448 valence electrons. The van der Waals surface area contributed by atoms with E-state index in [9.17, 15) is 19.0 Å². The van der Waals surface area contributed by atoms with Crippen molar-refractivity contribution < 1.29 is 42.1 Å². The summed E-state index contributed by atoms with van der Waals surface area (Å²) in [5, 5.41) is 0. The Morgan fingerprint density at radius 1 is 0.360 bits per heavy atom. The summed E-state index contributed by atoms with van der Waals surface area (Å²) in [6.45, 7) is 4.52. The number of quaternary nitrogens is 1. The minimum Gasteiger partial charge on any atom is -0.462 e. The molecule has 0 amide bonds. The fourth-order valence-corrected chi connectivity index (χ4v) is 11.0. The summed E-state index contributed by atoms with van der Waals surface area (Å²) < 4.78 is 34.7. The molecule has 0 aliphatic rings. The normalized spacial score (nSPS) is 13.1. The number of likely N-dealkylation sites (N-methyl/N-ethyl adjacent to an activating group) is 1. The zero-order chi connectivity index (χ0) is 54.9. The molecule has 1 N–H and O–H groups in total. The predicted molar refractivity (Wildman–Crippen MR) is 322 cm³/mol. The molecule has 0 aromatic carbocycles. The van der Waals surface area contributed by atoms with Crippen LogP contribution in [0.5, 0.6) is 0 Å². The molecule has 10 heteroatoms. The van der Waals surface area contributed by atoms with E-state index in [2.05, 4.69) is 13.8 Å². The molecule has 0 aromatic heterocycles. The molecule has 75 heavy (non-hydrogen) atoms. The monoisotopic (exact) mass is 1080 g/mol. The zero-order valence-corrected chi connectivity index (χ0v) is 52.0. The lowest BCUT2D eigenvalue weighted by atomic mass is 10.0. The van der Waals surface area contributed by atoms with E-state index in [1.54, 1.807) is 0 Å². The van der Waals surface area contributed by atoms with Crippen LogP contribution in [0, 0.1) is 0 Å². The Labute approximate surface area is 467 Å². The standard InChI is InChI=1S/C65H130NO8P/c1-6-8-10-12-14-16-18-20-22-24-26-28-29-30-31-32-33-34-35-36-37-38-40-42-44-46-48-50-52-54-56-58-65(68)74-63(62-73-75(69,70)72-60-59-66(3,4)5)61-71-64(67)57-55-53-51-49-47-45-43-41-39-27-25-23-21-19-17-15-13-11-9-7-2/h63H,6-62H2,1-5H3/p+1. The average Bonchev–Trinajstić information content (AvgIpc) is 3.37. The molecule has 0 aliphatic heterocycles. The molecule has 2 atom stereocenters. The van der Waals surface area contributed by atoms with E-state index >= 15 is 0 Å². The summed E-state index contributed by atoms with van der Waals surface area (Å²) >= 11 is 0. The molecule has 0 saturated heterocycles. The fraction of sp³-hybridized carbons (Fsp3) is 0.969. The van der Waals surface area contributed by atoms with Crippen molar-refractivity contribution in [1.29, 1.82) is 0 Å². The highest BCUT2D eigenvalue weighted by atomic mass is 31.2. The number of hydrogen-bond donors (Lipinski definition) is 1. The minimum absolute atomic E-state index is 0.0376. The van der Waals surface area contributed by atoms with Crippen molar-refractivity contribution in [3.05, 3.63) is 0 Å². The van der Waals surface area contributed by atoms with Crippen molar-refractivity contribution in [3.8, 4) is 0 Å². The third-order valence-corrected chi connectivity index (χ3v) is 16.4. The van der Waals surface area contributed by atoms with E-state index in [1.165, 1.54) is 289 Å². The van der Waals surface area contributed by atoms with Gasteiger partial charge in [0, 0.05) is 12.8 Å². The van der Waals surface area contributed by atoms with Crippen LogP contribution < -0.4 is 0 Å². The van der Waals surface area contributed by atoms with Gasteiger partial charge in [0.05, 0.1) is 27.7 Å². The zero-order valence-electron chi connectivity index (χ0n) is 51.1. The Hall–Kier alpha value is -0.990. The minimum atomic E-state index is -4.38. The van der Waals surface area contributed by atoms with Crippen LogP contribution in [0.2, 0.25) is 0 Å². The largest absolute Gasteiger partial charge is 0.472 e. The number of ether oxygens (including phenoxy) is 2. The Morgan fingerprint density at radius 3 is 0.853 bits per heavy atom. The maximum Gasteiger partial charge on any atom is 0.472 e. The Bertz CT molecular complexity index is 1230. The number of phosphoric acid groups is 1. The van der Waals surface area contributed by atoms with Crippen LogP contribution in [0.3, 0.4) is 0 Å². The fourth-order valence-electron chi connectivity index (χ4n) is 10.3. The Morgan fingerprint density at radius 2 is 0.600 bits per heavy atom.